The molecule has 2 aromatic rings. The monoisotopic (exact) mass is 648 g/mol. The molecule has 43 heavy (non-hydrogen) atoms. The SMILES string of the molecule is C=C/C(=C\CC)CN(c1ncc(Br)cn1)[C@H]1C[C@@](C)(CC)N(C(=O)C2CCC(C(=O)O)CC2)[C@]2(C1)C[C@H]2c1ccccc1. The minimum Gasteiger partial charge on any atom is -0.481 e. The lowest BCUT2D eigenvalue weighted by Gasteiger charge is -2.56. The second-order valence-corrected chi connectivity index (χ2v) is 13.9. The number of piperidine rings is 1. The van der Waals surface area contributed by atoms with Crippen LogP contribution in [0.5, 0.6) is 0 Å². The van der Waals surface area contributed by atoms with E-state index in [4.69, 9.17) is 9.97 Å². The van der Waals surface area contributed by atoms with Crippen LogP contribution in [0.2, 0.25) is 0 Å². The van der Waals surface area contributed by atoms with Crippen molar-refractivity contribution in [3.8, 4) is 0 Å². The molecule has 1 spiro atoms. The highest BCUT2D eigenvalue weighted by Gasteiger charge is 2.67. The molecule has 1 saturated heterocycles. The van der Waals surface area contributed by atoms with Gasteiger partial charge in [0.05, 0.1) is 15.9 Å². The Morgan fingerprint density at radius 3 is 2.30 bits per heavy atom. The number of nitrogens with zero attached hydrogens (tertiary/aromatic N) is 4. The standard InChI is InChI=1S/C35H45BrN4O3/c1-5-11-24(6-2)23-39(33-37-21-28(36)22-38-33)29-18-34(4,7-3)40(31(41)26-14-16-27(17-15-26)32(42)43)35(19-29)20-30(35)25-12-9-8-10-13-25/h6,8-13,21-22,26-27,29-30H,2,5,7,14-20,23H2,1,3-4H3,(H,42,43)/b24-11+/t26?,27?,29-,30-,34+,35+/m0/s1. The molecule has 3 fully saturated rings. The lowest BCUT2D eigenvalue weighted by Crippen LogP contribution is -2.66. The van der Waals surface area contributed by atoms with Crippen LogP contribution in [0.3, 0.4) is 0 Å². The van der Waals surface area contributed by atoms with Gasteiger partial charge >= 0.3 is 5.97 Å². The first-order valence-corrected chi connectivity index (χ1v) is 16.6. The minimum atomic E-state index is -0.737. The fourth-order valence-electron chi connectivity index (χ4n) is 7.86. The summed E-state index contributed by atoms with van der Waals surface area (Å²) in [6.45, 7) is 11.3. The number of aromatic nitrogens is 2. The summed E-state index contributed by atoms with van der Waals surface area (Å²) in [6, 6.07) is 10.7. The van der Waals surface area contributed by atoms with Gasteiger partial charge in [0, 0.05) is 42.4 Å². The number of allylic oxidation sites excluding steroid dienone is 1. The number of carbonyl (C=O) groups is 2. The molecule has 3 aliphatic rings. The molecule has 1 amide bonds. The Hall–Kier alpha value is -3.00. The van der Waals surface area contributed by atoms with E-state index in [1.807, 2.05) is 12.1 Å². The van der Waals surface area contributed by atoms with Crippen molar-refractivity contribution in [2.75, 3.05) is 11.4 Å². The summed E-state index contributed by atoms with van der Waals surface area (Å²) in [4.78, 5) is 40.4. The maximum Gasteiger partial charge on any atom is 0.306 e. The van der Waals surface area contributed by atoms with Crippen molar-refractivity contribution in [3.05, 3.63) is 77.1 Å². The molecule has 8 heteroatoms. The molecular formula is C35H45BrN4O3. The van der Waals surface area contributed by atoms with E-state index in [0.717, 1.165) is 42.1 Å². The van der Waals surface area contributed by atoms with Gasteiger partial charge in [-0.1, -0.05) is 62.9 Å². The molecule has 230 valence electrons. The number of aliphatic carboxylic acids is 1. The fraction of sp³-hybridized carbons (Fsp3) is 0.543. The van der Waals surface area contributed by atoms with E-state index in [1.165, 1.54) is 5.56 Å². The topological polar surface area (TPSA) is 86.6 Å². The minimum absolute atomic E-state index is 0.117. The van der Waals surface area contributed by atoms with E-state index in [1.54, 1.807) is 12.4 Å². The first-order valence-electron chi connectivity index (χ1n) is 15.8. The highest BCUT2D eigenvalue weighted by Crippen LogP contribution is 2.64. The van der Waals surface area contributed by atoms with Gasteiger partial charge in [0.15, 0.2) is 0 Å². The molecule has 1 aromatic carbocycles. The average Bonchev–Trinajstić information content (AvgIpc) is 3.72. The Balaban J connectivity index is 1.54. The Morgan fingerprint density at radius 1 is 1.07 bits per heavy atom. The maximum absolute atomic E-state index is 14.6. The molecule has 0 unspecified atom stereocenters. The summed E-state index contributed by atoms with van der Waals surface area (Å²) in [5.41, 5.74) is 1.74. The Morgan fingerprint density at radius 2 is 1.72 bits per heavy atom. The van der Waals surface area contributed by atoms with E-state index in [-0.39, 0.29) is 40.8 Å². The molecule has 1 aliphatic heterocycles. The molecule has 4 atom stereocenters. The van der Waals surface area contributed by atoms with E-state index < -0.39 is 5.97 Å². The van der Waals surface area contributed by atoms with Gasteiger partial charge in [0.2, 0.25) is 11.9 Å². The Bertz CT molecular complexity index is 1340. The van der Waals surface area contributed by atoms with Crippen molar-refractivity contribution in [3.63, 3.8) is 0 Å². The van der Waals surface area contributed by atoms with E-state index in [0.29, 0.717) is 38.2 Å². The summed E-state index contributed by atoms with van der Waals surface area (Å²) >= 11 is 3.50. The number of likely N-dealkylation sites (tertiary alicyclic amines) is 1. The first-order chi connectivity index (χ1) is 20.7. The van der Waals surface area contributed by atoms with Crippen LogP contribution in [0, 0.1) is 11.8 Å². The number of benzene rings is 1. The van der Waals surface area contributed by atoms with Crippen LogP contribution < -0.4 is 4.90 Å². The largest absolute Gasteiger partial charge is 0.481 e. The summed E-state index contributed by atoms with van der Waals surface area (Å²) < 4.78 is 0.837. The van der Waals surface area contributed by atoms with Crippen molar-refractivity contribution in [2.24, 2.45) is 11.8 Å². The van der Waals surface area contributed by atoms with Crippen molar-refractivity contribution in [1.29, 1.82) is 0 Å². The Labute approximate surface area is 264 Å². The maximum atomic E-state index is 14.6. The summed E-state index contributed by atoms with van der Waals surface area (Å²) in [7, 11) is 0. The molecule has 2 heterocycles. The fourth-order valence-corrected chi connectivity index (χ4v) is 8.06. The summed E-state index contributed by atoms with van der Waals surface area (Å²) in [6.07, 6.45) is 14.5. The lowest BCUT2D eigenvalue weighted by atomic mass is 9.74. The van der Waals surface area contributed by atoms with Gasteiger partial charge < -0.3 is 14.9 Å². The number of carboxylic acids is 1. The number of hydrogen-bond acceptors (Lipinski definition) is 5. The van der Waals surface area contributed by atoms with Gasteiger partial charge in [-0.2, -0.15) is 0 Å². The Kier molecular flexibility index (Phi) is 9.45. The zero-order valence-electron chi connectivity index (χ0n) is 25.7. The molecule has 7 nitrogen and oxygen atoms in total. The predicted octanol–water partition coefficient (Wildman–Crippen LogP) is 7.54. The number of anilines is 1. The van der Waals surface area contributed by atoms with Crippen molar-refractivity contribution in [2.45, 2.75) is 102 Å². The molecular weight excluding hydrogens is 604 g/mol. The third-order valence-electron chi connectivity index (χ3n) is 10.3. The normalized spacial score (nSPS) is 30.6. The van der Waals surface area contributed by atoms with Crippen molar-refractivity contribution < 1.29 is 14.7 Å². The van der Waals surface area contributed by atoms with E-state index in [9.17, 15) is 14.7 Å². The third kappa shape index (κ3) is 6.31. The molecule has 1 aromatic heterocycles. The van der Waals surface area contributed by atoms with Crippen LogP contribution in [-0.4, -0.2) is 55.5 Å². The number of carbonyl (C=O) groups excluding carboxylic acids is 1. The molecule has 1 N–H and O–H groups in total. The number of rotatable bonds is 10. The summed E-state index contributed by atoms with van der Waals surface area (Å²) in [5.74, 6) is -0.0474. The number of amides is 1. The van der Waals surface area contributed by atoms with Crippen LogP contribution in [0.4, 0.5) is 5.95 Å². The van der Waals surface area contributed by atoms with Gasteiger partial charge in [-0.25, -0.2) is 9.97 Å². The number of carboxylic acid groups (broad SMARTS) is 1. The van der Waals surface area contributed by atoms with Crippen molar-refractivity contribution in [1.82, 2.24) is 14.9 Å². The number of hydrogen-bond donors (Lipinski definition) is 1. The highest BCUT2D eigenvalue weighted by atomic mass is 79.9. The second-order valence-electron chi connectivity index (χ2n) is 13.0. The quantitative estimate of drug-likeness (QED) is 0.268. The van der Waals surface area contributed by atoms with Crippen LogP contribution in [0.1, 0.15) is 90.0 Å². The third-order valence-corrected chi connectivity index (χ3v) is 10.7. The van der Waals surface area contributed by atoms with E-state index >= 15 is 0 Å². The van der Waals surface area contributed by atoms with Gasteiger partial charge in [-0.15, -0.1) is 0 Å². The van der Waals surface area contributed by atoms with Crippen LogP contribution in [0.15, 0.2) is 71.5 Å². The first kappa shape index (κ1) is 31.4. The number of halogens is 1. The van der Waals surface area contributed by atoms with Gasteiger partial charge in [-0.3, -0.25) is 9.59 Å². The van der Waals surface area contributed by atoms with Crippen LogP contribution in [-0.2, 0) is 9.59 Å². The van der Waals surface area contributed by atoms with Crippen LogP contribution in [0.25, 0.3) is 0 Å². The zero-order chi connectivity index (χ0) is 30.8. The molecule has 5 rings (SSSR count). The second kappa shape index (κ2) is 12.9. The van der Waals surface area contributed by atoms with Gasteiger partial charge in [0.25, 0.3) is 0 Å². The molecule has 2 aliphatic carbocycles. The van der Waals surface area contributed by atoms with Gasteiger partial charge in [-0.05, 0) is 91.8 Å². The predicted molar refractivity (Wildman–Crippen MR) is 174 cm³/mol. The van der Waals surface area contributed by atoms with E-state index in [2.05, 4.69) is 83.4 Å². The summed E-state index contributed by atoms with van der Waals surface area (Å²) in [5, 5.41) is 9.57. The highest BCUT2D eigenvalue weighted by molar-refractivity contribution is 9.10. The molecule has 0 bridgehead atoms. The average molecular weight is 650 g/mol. The molecule has 2 saturated carbocycles. The smallest absolute Gasteiger partial charge is 0.306 e. The van der Waals surface area contributed by atoms with Crippen LogP contribution >= 0.6 is 15.9 Å². The van der Waals surface area contributed by atoms with Gasteiger partial charge in [0.1, 0.15) is 0 Å². The molecule has 0 radical (unpaired) electrons. The van der Waals surface area contributed by atoms with Crippen molar-refractivity contribution >= 4 is 33.8 Å². The zero-order valence-corrected chi connectivity index (χ0v) is 27.3. The lowest BCUT2D eigenvalue weighted by molar-refractivity contribution is -0.155.